The van der Waals surface area contributed by atoms with Crippen molar-refractivity contribution in [1.82, 2.24) is 5.32 Å². The third-order valence-electron chi connectivity index (χ3n) is 11.8. The molecule has 9 rings (SSSR count). The van der Waals surface area contributed by atoms with Gasteiger partial charge in [-0.2, -0.15) is 19.6 Å². The fraction of sp³-hybridized carbons (Fsp3) is 0.513. The molecule has 4 bridgehead atoms. The van der Waals surface area contributed by atoms with Gasteiger partial charge in [0.15, 0.2) is 0 Å². The Labute approximate surface area is 290 Å². The summed E-state index contributed by atoms with van der Waals surface area (Å²) in [5.41, 5.74) is 0. The van der Waals surface area contributed by atoms with E-state index < -0.39 is 18.8 Å². The lowest BCUT2D eigenvalue weighted by molar-refractivity contribution is -0.680. The van der Waals surface area contributed by atoms with E-state index in [0.717, 1.165) is 62.9 Å². The van der Waals surface area contributed by atoms with Crippen molar-refractivity contribution in [3.63, 3.8) is 0 Å². The molecule has 0 radical (unpaired) electrons. The first-order chi connectivity index (χ1) is 22.6. The SMILES string of the molecule is O=C(CC1CCC2(CC1)OOC1(OO2)C2CC3CC(C2)CC1C3)NCCC[P+](c1ccccc1)(c1ccccc1)c1ccccc1.[Br-]. The molecular formula is C39H47BrNO5P. The summed E-state index contributed by atoms with van der Waals surface area (Å²) >= 11 is 0. The zero-order valence-corrected chi connectivity index (χ0v) is 29.6. The molecule has 6 nitrogen and oxygen atoms in total. The summed E-state index contributed by atoms with van der Waals surface area (Å²) in [6.45, 7) is 0.670. The number of amides is 1. The van der Waals surface area contributed by atoms with Crippen LogP contribution in [0, 0.1) is 29.6 Å². The van der Waals surface area contributed by atoms with Crippen LogP contribution in [0.4, 0.5) is 0 Å². The minimum Gasteiger partial charge on any atom is -1.00 e. The summed E-state index contributed by atoms with van der Waals surface area (Å²) in [5, 5.41) is 7.40. The fourth-order valence-electron chi connectivity index (χ4n) is 9.67. The summed E-state index contributed by atoms with van der Waals surface area (Å²) in [6, 6.07) is 32.8. The van der Waals surface area contributed by atoms with E-state index in [2.05, 4.69) is 96.3 Å². The van der Waals surface area contributed by atoms with Gasteiger partial charge in [-0.3, -0.25) is 4.79 Å². The Bertz CT molecular complexity index is 1350. The number of benzene rings is 3. The molecule has 1 heterocycles. The minimum atomic E-state index is -1.89. The summed E-state index contributed by atoms with van der Waals surface area (Å²) < 4.78 is 0. The lowest BCUT2D eigenvalue weighted by Crippen LogP contribution is -3.00. The predicted octanol–water partition coefficient (Wildman–Crippen LogP) is 3.83. The van der Waals surface area contributed by atoms with Gasteiger partial charge >= 0.3 is 0 Å². The maximum Gasteiger partial charge on any atom is 0.239 e. The average Bonchev–Trinajstić information content (AvgIpc) is 3.10. The van der Waals surface area contributed by atoms with Crippen LogP contribution in [0.1, 0.15) is 70.6 Å². The number of carbonyl (C=O) groups is 1. The predicted molar refractivity (Wildman–Crippen MR) is 181 cm³/mol. The van der Waals surface area contributed by atoms with Gasteiger partial charge in [0.1, 0.15) is 23.2 Å². The van der Waals surface area contributed by atoms with E-state index >= 15 is 0 Å². The highest BCUT2D eigenvalue weighted by molar-refractivity contribution is 7.95. The molecular weight excluding hydrogens is 673 g/mol. The van der Waals surface area contributed by atoms with Crippen molar-refractivity contribution in [2.75, 3.05) is 12.7 Å². The molecule has 0 aromatic heterocycles. The molecule has 8 heteroatoms. The summed E-state index contributed by atoms with van der Waals surface area (Å²) in [4.78, 5) is 37.8. The zero-order valence-electron chi connectivity index (χ0n) is 27.1. The maximum atomic E-state index is 13.1. The molecule has 1 saturated heterocycles. The number of hydrogen-bond donors (Lipinski definition) is 1. The molecule has 6 aliphatic rings. The highest BCUT2D eigenvalue weighted by Gasteiger charge is 2.64. The molecule has 3 aromatic rings. The molecule has 0 unspecified atom stereocenters. The van der Waals surface area contributed by atoms with Crippen molar-refractivity contribution in [2.45, 2.75) is 82.2 Å². The van der Waals surface area contributed by atoms with Crippen LogP contribution in [0.5, 0.6) is 0 Å². The van der Waals surface area contributed by atoms with Gasteiger partial charge in [-0.1, -0.05) is 54.6 Å². The molecule has 47 heavy (non-hydrogen) atoms. The van der Waals surface area contributed by atoms with Crippen molar-refractivity contribution in [3.8, 4) is 0 Å². The van der Waals surface area contributed by atoms with Crippen molar-refractivity contribution in [2.24, 2.45) is 29.6 Å². The van der Waals surface area contributed by atoms with E-state index in [1.54, 1.807) is 0 Å². The quantitative estimate of drug-likeness (QED) is 0.207. The molecule has 2 spiro atoms. The Balaban J connectivity index is 0.00000351. The van der Waals surface area contributed by atoms with Gasteiger partial charge in [-0.25, -0.2) is 0 Å². The first-order valence-electron chi connectivity index (χ1n) is 17.6. The van der Waals surface area contributed by atoms with Crippen molar-refractivity contribution >= 4 is 29.1 Å². The maximum absolute atomic E-state index is 13.1. The van der Waals surface area contributed by atoms with Crippen molar-refractivity contribution in [1.29, 1.82) is 0 Å². The Morgan fingerprint density at radius 3 is 1.62 bits per heavy atom. The van der Waals surface area contributed by atoms with Gasteiger partial charge in [0.2, 0.25) is 17.5 Å². The molecule has 0 atom stereocenters. The summed E-state index contributed by atoms with van der Waals surface area (Å²) in [7, 11) is -1.89. The van der Waals surface area contributed by atoms with Crippen LogP contribution in [0.25, 0.3) is 0 Å². The first kappa shape index (κ1) is 33.4. The standard InChI is InChI=1S/C39H46NO5P.BrH/c41-37(28-29-17-19-38(20-18-29)42-44-39(45-43-38)32-24-30-23-31(26-32)27-33(39)25-30)40-21-10-22-46(34-11-4-1-5-12-34,35-13-6-2-7-14-35)36-15-8-3-9-16-36;/h1-9,11-16,29-33H,10,17-28H2;1H. The van der Waals surface area contributed by atoms with Crippen LogP contribution in [-0.2, 0) is 24.3 Å². The average molecular weight is 721 g/mol. The summed E-state index contributed by atoms with van der Waals surface area (Å²) in [6.07, 6.45) is 11.5. The highest BCUT2D eigenvalue weighted by Crippen LogP contribution is 2.62. The second-order valence-corrected chi connectivity index (χ2v) is 18.3. The van der Waals surface area contributed by atoms with Gasteiger partial charge in [0, 0.05) is 37.6 Å². The molecule has 1 aliphatic heterocycles. The molecule has 3 aromatic carbocycles. The van der Waals surface area contributed by atoms with Crippen LogP contribution in [-0.4, -0.2) is 30.2 Å². The van der Waals surface area contributed by atoms with Crippen molar-refractivity contribution < 1.29 is 41.3 Å². The van der Waals surface area contributed by atoms with Gasteiger partial charge in [-0.15, -0.1) is 0 Å². The number of carbonyl (C=O) groups excluding carboxylic acids is 1. The number of nitrogens with one attached hydrogen (secondary N) is 1. The van der Waals surface area contributed by atoms with Crippen molar-refractivity contribution in [3.05, 3.63) is 91.0 Å². The molecule has 1 N–H and O–H groups in total. The molecule has 250 valence electrons. The van der Waals surface area contributed by atoms with Gasteiger partial charge in [0.05, 0.1) is 6.16 Å². The normalized spacial score (nSPS) is 32.6. The Kier molecular flexibility index (Phi) is 9.95. The van der Waals surface area contributed by atoms with Gasteiger partial charge in [-0.05, 0) is 106 Å². The van der Waals surface area contributed by atoms with Crippen LogP contribution >= 0.6 is 7.26 Å². The molecule has 5 aliphatic carbocycles. The van der Waals surface area contributed by atoms with E-state index in [4.69, 9.17) is 19.6 Å². The second kappa shape index (κ2) is 14.0. The molecule has 6 fully saturated rings. The lowest BCUT2D eigenvalue weighted by Gasteiger charge is -2.60. The summed E-state index contributed by atoms with van der Waals surface area (Å²) in [5.74, 6) is 1.28. The van der Waals surface area contributed by atoms with Gasteiger partial charge in [0.25, 0.3) is 0 Å². The number of hydrogen-bond acceptors (Lipinski definition) is 5. The van der Waals surface area contributed by atoms with Crippen LogP contribution in [0.3, 0.4) is 0 Å². The van der Waals surface area contributed by atoms with E-state index in [1.165, 1.54) is 22.3 Å². The van der Waals surface area contributed by atoms with E-state index in [0.29, 0.717) is 43.6 Å². The molecule has 5 saturated carbocycles. The molecule has 1 amide bonds. The fourth-order valence-corrected chi connectivity index (χ4v) is 14.0. The minimum absolute atomic E-state index is 0. The van der Waals surface area contributed by atoms with Crippen LogP contribution in [0.15, 0.2) is 91.0 Å². The lowest BCUT2D eigenvalue weighted by atomic mass is 9.53. The monoisotopic (exact) mass is 719 g/mol. The van der Waals surface area contributed by atoms with Gasteiger partial charge < -0.3 is 22.3 Å². The highest BCUT2D eigenvalue weighted by atomic mass is 79.9. The zero-order chi connectivity index (χ0) is 31.0. The number of rotatable bonds is 9. The van der Waals surface area contributed by atoms with E-state index in [1.807, 2.05) is 0 Å². The van der Waals surface area contributed by atoms with E-state index in [9.17, 15) is 4.79 Å². The Morgan fingerprint density at radius 2 is 1.15 bits per heavy atom. The van der Waals surface area contributed by atoms with E-state index in [-0.39, 0.29) is 22.9 Å². The first-order valence-corrected chi connectivity index (χ1v) is 19.6. The Hall–Kier alpha value is -2.12. The Morgan fingerprint density at radius 1 is 0.681 bits per heavy atom. The topological polar surface area (TPSA) is 66.0 Å². The van der Waals surface area contributed by atoms with Crippen LogP contribution < -0.4 is 38.2 Å². The third kappa shape index (κ3) is 6.37. The number of halogens is 1. The van der Waals surface area contributed by atoms with Crippen LogP contribution in [0.2, 0.25) is 0 Å². The second-order valence-electron chi connectivity index (χ2n) is 14.7. The third-order valence-corrected chi connectivity index (χ3v) is 16.4. The smallest absolute Gasteiger partial charge is 0.239 e. The largest absolute Gasteiger partial charge is 1.00 e.